The van der Waals surface area contributed by atoms with Crippen molar-refractivity contribution in [3.63, 3.8) is 0 Å². The molecule has 1 fully saturated rings. The van der Waals surface area contributed by atoms with Crippen LogP contribution in [0.5, 0.6) is 0 Å². The Hall–Kier alpha value is -1.29. The lowest BCUT2D eigenvalue weighted by atomic mass is 10.1. The van der Waals surface area contributed by atoms with Crippen molar-refractivity contribution < 1.29 is 9.53 Å². The Kier molecular flexibility index (Phi) is 13.7. The molecule has 0 unspecified atom stereocenters. The highest BCUT2D eigenvalue weighted by Gasteiger charge is 2.13. The van der Waals surface area contributed by atoms with Crippen molar-refractivity contribution in [2.24, 2.45) is 23.5 Å². The van der Waals surface area contributed by atoms with Gasteiger partial charge >= 0.3 is 0 Å². The number of nitrogens with zero attached hydrogens (tertiary/aromatic N) is 1. The fourth-order valence-electron chi connectivity index (χ4n) is 1.22. The van der Waals surface area contributed by atoms with Crippen LogP contribution in [-0.4, -0.2) is 37.1 Å². The number of allylic oxidation sites excluding steroid dienone is 2. The zero-order valence-corrected chi connectivity index (χ0v) is 16.3. The topological polar surface area (TPSA) is 55.6 Å². The first-order valence-electron chi connectivity index (χ1n) is 8.46. The molecule has 4 heteroatoms. The number of primary amides is 1. The fraction of sp³-hybridized carbons (Fsp3) is 0.737. The van der Waals surface area contributed by atoms with Gasteiger partial charge in [0.2, 0.25) is 5.91 Å². The minimum Gasteiger partial charge on any atom is -0.378 e. The summed E-state index contributed by atoms with van der Waals surface area (Å²) in [5, 5.41) is 0. The van der Waals surface area contributed by atoms with Crippen molar-refractivity contribution in [1.29, 1.82) is 0 Å². The van der Waals surface area contributed by atoms with E-state index in [4.69, 9.17) is 10.5 Å². The highest BCUT2D eigenvalue weighted by atomic mass is 16.5. The van der Waals surface area contributed by atoms with E-state index in [0.29, 0.717) is 11.8 Å². The highest BCUT2D eigenvalue weighted by Crippen LogP contribution is 2.13. The molecule has 0 saturated carbocycles. The number of rotatable bonds is 4. The molecule has 1 amide bonds. The predicted octanol–water partition coefficient (Wildman–Crippen LogP) is 3.83. The summed E-state index contributed by atoms with van der Waals surface area (Å²) in [6.07, 6.45) is 0. The molecule has 1 aliphatic heterocycles. The lowest BCUT2D eigenvalue weighted by molar-refractivity contribution is -0.120. The van der Waals surface area contributed by atoms with Gasteiger partial charge in [0.05, 0.1) is 13.2 Å². The van der Waals surface area contributed by atoms with E-state index in [0.717, 1.165) is 26.3 Å². The van der Waals surface area contributed by atoms with E-state index in [1.54, 1.807) is 13.8 Å². The molecule has 1 heterocycles. The van der Waals surface area contributed by atoms with Gasteiger partial charge in [-0.25, -0.2) is 0 Å². The average molecular weight is 327 g/mol. The average Bonchev–Trinajstić information content (AvgIpc) is 2.48. The van der Waals surface area contributed by atoms with E-state index in [2.05, 4.69) is 45.8 Å². The Bertz CT molecular complexity index is 336. The number of amides is 1. The second kappa shape index (κ2) is 13.2. The van der Waals surface area contributed by atoms with E-state index in [-0.39, 0.29) is 11.8 Å². The van der Waals surface area contributed by atoms with Crippen molar-refractivity contribution in [1.82, 2.24) is 4.90 Å². The van der Waals surface area contributed by atoms with Crippen molar-refractivity contribution in [3.8, 4) is 0 Å². The van der Waals surface area contributed by atoms with Crippen LogP contribution in [0.15, 0.2) is 24.4 Å². The van der Waals surface area contributed by atoms with Crippen LogP contribution >= 0.6 is 0 Å². The minimum atomic E-state index is -0.241. The van der Waals surface area contributed by atoms with E-state index < -0.39 is 0 Å². The van der Waals surface area contributed by atoms with Crippen LogP contribution < -0.4 is 5.73 Å². The monoisotopic (exact) mass is 326 g/mol. The smallest absolute Gasteiger partial charge is 0.219 e. The first-order chi connectivity index (χ1) is 10.5. The van der Waals surface area contributed by atoms with E-state index in [1.807, 2.05) is 6.92 Å². The number of nitrogens with two attached hydrogens (primary N) is 1. The van der Waals surface area contributed by atoms with Gasteiger partial charge in [-0.1, -0.05) is 60.3 Å². The van der Waals surface area contributed by atoms with Gasteiger partial charge in [0.25, 0.3) is 0 Å². The molecule has 0 radical (unpaired) electrons. The van der Waals surface area contributed by atoms with Gasteiger partial charge in [0, 0.05) is 24.7 Å². The largest absolute Gasteiger partial charge is 0.378 e. The molecule has 4 nitrogen and oxygen atoms in total. The van der Waals surface area contributed by atoms with Gasteiger partial charge in [-0.15, -0.1) is 0 Å². The second-order valence-corrected chi connectivity index (χ2v) is 6.80. The third-order valence-corrected chi connectivity index (χ3v) is 3.64. The van der Waals surface area contributed by atoms with Crippen molar-refractivity contribution in [2.75, 3.05) is 26.3 Å². The molecule has 23 heavy (non-hydrogen) atoms. The Morgan fingerprint density at radius 1 is 0.957 bits per heavy atom. The number of ether oxygens (including phenoxy) is 1. The number of carbonyl (C=O) groups excluding carboxylic acids is 1. The van der Waals surface area contributed by atoms with Crippen molar-refractivity contribution in [2.45, 2.75) is 48.5 Å². The maximum absolute atomic E-state index is 9.92. The molecule has 1 rings (SSSR count). The lowest BCUT2D eigenvalue weighted by Crippen LogP contribution is -2.36. The van der Waals surface area contributed by atoms with Gasteiger partial charge in [0.1, 0.15) is 0 Å². The summed E-state index contributed by atoms with van der Waals surface area (Å²) in [6, 6.07) is 0. The van der Waals surface area contributed by atoms with Gasteiger partial charge < -0.3 is 15.4 Å². The molecule has 0 bridgehead atoms. The summed E-state index contributed by atoms with van der Waals surface area (Å²) >= 11 is 0. The number of hydrogen-bond donors (Lipinski definition) is 1. The number of carbonyl (C=O) groups is 1. The van der Waals surface area contributed by atoms with Crippen LogP contribution in [0.1, 0.15) is 48.5 Å². The molecule has 0 spiro atoms. The van der Waals surface area contributed by atoms with Crippen LogP contribution in [0.25, 0.3) is 0 Å². The normalized spacial score (nSPS) is 13.9. The Morgan fingerprint density at radius 2 is 1.30 bits per heavy atom. The lowest BCUT2D eigenvalue weighted by Gasteiger charge is -2.32. The first-order valence-corrected chi connectivity index (χ1v) is 8.46. The molecule has 2 N–H and O–H groups in total. The van der Waals surface area contributed by atoms with E-state index in [9.17, 15) is 4.79 Å². The molecule has 0 atom stereocenters. The van der Waals surface area contributed by atoms with Crippen molar-refractivity contribution >= 4 is 5.91 Å². The molecule has 0 aromatic heterocycles. The Labute approximate surface area is 143 Å². The molecular formula is C19H38N2O2. The van der Waals surface area contributed by atoms with Gasteiger partial charge in [-0.2, -0.15) is 0 Å². The van der Waals surface area contributed by atoms with Crippen LogP contribution in [0.4, 0.5) is 0 Å². The van der Waals surface area contributed by atoms with E-state index in [1.165, 1.54) is 11.3 Å². The zero-order chi connectivity index (χ0) is 18.6. The molecule has 0 aromatic carbocycles. The van der Waals surface area contributed by atoms with Crippen LogP contribution in [0, 0.1) is 17.8 Å². The third-order valence-electron chi connectivity index (χ3n) is 3.64. The van der Waals surface area contributed by atoms with Crippen LogP contribution in [0.3, 0.4) is 0 Å². The zero-order valence-electron chi connectivity index (χ0n) is 16.3. The fourth-order valence-corrected chi connectivity index (χ4v) is 1.22. The van der Waals surface area contributed by atoms with Gasteiger partial charge in [-0.3, -0.25) is 4.79 Å². The maximum atomic E-state index is 9.92. The first kappa shape index (κ1) is 24.0. The molecular weight excluding hydrogens is 288 g/mol. The van der Waals surface area contributed by atoms with E-state index >= 15 is 0 Å². The summed E-state index contributed by atoms with van der Waals surface area (Å²) in [6.45, 7) is 25.7. The predicted molar refractivity (Wildman–Crippen MR) is 100 cm³/mol. The summed E-state index contributed by atoms with van der Waals surface area (Å²) in [4.78, 5) is 12.2. The molecule has 0 aliphatic carbocycles. The van der Waals surface area contributed by atoms with Gasteiger partial charge in [0.15, 0.2) is 0 Å². The summed E-state index contributed by atoms with van der Waals surface area (Å²) in [7, 11) is 0. The molecule has 1 saturated heterocycles. The third kappa shape index (κ3) is 14.1. The highest BCUT2D eigenvalue weighted by molar-refractivity contribution is 5.75. The quantitative estimate of drug-likeness (QED) is 0.799. The second-order valence-electron chi connectivity index (χ2n) is 6.80. The molecule has 0 aromatic rings. The van der Waals surface area contributed by atoms with Crippen LogP contribution in [0.2, 0.25) is 0 Å². The van der Waals surface area contributed by atoms with Crippen molar-refractivity contribution in [3.05, 3.63) is 24.4 Å². The Morgan fingerprint density at radius 3 is 1.52 bits per heavy atom. The minimum absolute atomic E-state index is 0.00926. The summed E-state index contributed by atoms with van der Waals surface area (Å²) in [5.74, 6) is 0.970. The Balaban J connectivity index is 0. The van der Waals surface area contributed by atoms with Crippen LogP contribution in [-0.2, 0) is 9.53 Å². The standard InChI is InChI=1S/C9H17NO.C6H12.C4H9NO/c1-8(2)9(3)10-4-6-11-7-5-10;1-5(2)6(3)4;1-3(2)4(5)6/h8H,3-7H2,1-2H3;6H,1H2,2-4H3;3H,1-2H3,(H2,5,6). The summed E-state index contributed by atoms with van der Waals surface area (Å²) < 4.78 is 5.25. The molecule has 1 aliphatic rings. The number of hydrogen-bond acceptors (Lipinski definition) is 3. The number of morpholine rings is 1. The summed E-state index contributed by atoms with van der Waals surface area (Å²) in [5.41, 5.74) is 7.30. The molecule has 136 valence electrons. The maximum Gasteiger partial charge on any atom is 0.219 e. The van der Waals surface area contributed by atoms with Gasteiger partial charge in [-0.05, 0) is 18.8 Å². The SMILES string of the molecule is C=C(C(C)C)N1CCOCC1.C=C(C)C(C)C.CC(C)C(N)=O.